The number of amides is 1. The van der Waals surface area contributed by atoms with Crippen molar-refractivity contribution < 1.29 is 28.2 Å². The van der Waals surface area contributed by atoms with Crippen LogP contribution in [0.1, 0.15) is 76.2 Å². The summed E-state index contributed by atoms with van der Waals surface area (Å²) in [6.07, 6.45) is 5.29. The van der Waals surface area contributed by atoms with Gasteiger partial charge < -0.3 is 14.7 Å². The minimum Gasteiger partial charge on any atom is -0.493 e. The van der Waals surface area contributed by atoms with Crippen LogP contribution < -0.4 is 4.74 Å². The second-order valence-corrected chi connectivity index (χ2v) is 11.0. The van der Waals surface area contributed by atoms with Crippen LogP contribution >= 0.6 is 0 Å². The number of nitrogens with zero attached hydrogens (tertiary/aromatic N) is 5. The molecule has 7 heterocycles. The second kappa shape index (κ2) is 11.5. The number of rotatable bonds is 2. The number of carbonyl (C=O) groups is 2. The third-order valence-corrected chi connectivity index (χ3v) is 8.27. The molecule has 0 radical (unpaired) electrons. The first-order chi connectivity index (χ1) is 20.3. The van der Waals surface area contributed by atoms with Gasteiger partial charge in [0.05, 0.1) is 13.0 Å². The van der Waals surface area contributed by atoms with Gasteiger partial charge in [-0.1, -0.05) is 29.8 Å². The zero-order valence-electron chi connectivity index (χ0n) is 23.3. The molecule has 11 heteroatoms. The van der Waals surface area contributed by atoms with Gasteiger partial charge in [0.2, 0.25) is 0 Å². The maximum absolute atomic E-state index is 15.0. The van der Waals surface area contributed by atoms with E-state index in [1.807, 2.05) is 25.1 Å². The molecule has 9 bridgehead atoms. The largest absolute Gasteiger partial charge is 0.493 e. The van der Waals surface area contributed by atoms with Crippen molar-refractivity contribution in [1.29, 1.82) is 0 Å². The Balaban J connectivity index is 1.41. The number of carboxylic acid groups (broad SMARTS) is 1. The van der Waals surface area contributed by atoms with Gasteiger partial charge in [0.25, 0.3) is 5.91 Å². The van der Waals surface area contributed by atoms with Crippen molar-refractivity contribution >= 4 is 23.0 Å². The van der Waals surface area contributed by atoms with Crippen molar-refractivity contribution in [3.63, 3.8) is 0 Å². The summed E-state index contributed by atoms with van der Waals surface area (Å²) >= 11 is 0. The topological polar surface area (TPSA) is 110 Å². The van der Waals surface area contributed by atoms with Gasteiger partial charge in [-0.2, -0.15) is 0 Å². The molecule has 2 aromatic heterocycles. The van der Waals surface area contributed by atoms with Crippen LogP contribution in [0.15, 0.2) is 36.5 Å². The maximum Gasteiger partial charge on any atom is 0.304 e. The lowest BCUT2D eigenvalue weighted by atomic mass is 9.84. The monoisotopic (exact) mass is 575 g/mol. The van der Waals surface area contributed by atoms with E-state index < -0.39 is 35.0 Å². The molecule has 0 spiro atoms. The number of carboxylic acids is 1. The fourth-order valence-electron chi connectivity index (χ4n) is 6.00. The van der Waals surface area contributed by atoms with Crippen molar-refractivity contribution in [2.75, 3.05) is 13.2 Å². The number of benzene rings is 2. The van der Waals surface area contributed by atoms with Gasteiger partial charge in [0.15, 0.2) is 5.65 Å². The van der Waals surface area contributed by atoms with E-state index >= 15 is 8.78 Å². The average Bonchev–Trinajstić information content (AvgIpc) is 3.38. The van der Waals surface area contributed by atoms with E-state index in [0.29, 0.717) is 43.7 Å². The second-order valence-electron chi connectivity index (χ2n) is 11.0. The van der Waals surface area contributed by atoms with Crippen molar-refractivity contribution in [1.82, 2.24) is 24.9 Å². The van der Waals surface area contributed by atoms with E-state index in [1.54, 1.807) is 10.9 Å². The molecule has 2 aromatic carbocycles. The van der Waals surface area contributed by atoms with E-state index in [2.05, 4.69) is 15.3 Å². The van der Waals surface area contributed by atoms with Crippen molar-refractivity contribution in [3.8, 4) is 5.75 Å². The fraction of sp³-hybridized carbons (Fsp3) is 0.387. The van der Waals surface area contributed by atoms with Gasteiger partial charge in [-0.25, -0.2) is 18.4 Å². The molecule has 218 valence electrons. The lowest BCUT2D eigenvalue weighted by molar-refractivity contribution is -0.137. The summed E-state index contributed by atoms with van der Waals surface area (Å²) < 4.78 is 37.4. The summed E-state index contributed by atoms with van der Waals surface area (Å²) in [6, 6.07) is 7.86. The Kier molecular flexibility index (Phi) is 7.57. The smallest absolute Gasteiger partial charge is 0.304 e. The Morgan fingerprint density at radius 3 is 2.64 bits per heavy atom. The van der Waals surface area contributed by atoms with E-state index in [9.17, 15) is 14.7 Å². The number of ether oxygens (including phenoxy) is 1. The summed E-state index contributed by atoms with van der Waals surface area (Å²) in [5.41, 5.74) is 4.79. The molecule has 0 saturated carbocycles. The Morgan fingerprint density at radius 2 is 1.86 bits per heavy atom. The van der Waals surface area contributed by atoms with E-state index in [-0.39, 0.29) is 18.7 Å². The van der Waals surface area contributed by atoms with Crippen LogP contribution in [0.3, 0.4) is 0 Å². The number of halogens is 2. The lowest BCUT2D eigenvalue weighted by Gasteiger charge is -2.30. The molecule has 1 N–H and O–H groups in total. The highest BCUT2D eigenvalue weighted by atomic mass is 19.1. The highest BCUT2D eigenvalue weighted by Gasteiger charge is 2.29. The molecule has 0 saturated heterocycles. The van der Waals surface area contributed by atoms with Gasteiger partial charge in [-0.05, 0) is 60.4 Å². The number of carbonyl (C=O) groups excluding carboxylic acids is 1. The van der Waals surface area contributed by atoms with Crippen LogP contribution in [-0.4, -0.2) is 55.0 Å². The van der Waals surface area contributed by atoms with Crippen LogP contribution in [-0.2, 0) is 24.3 Å². The van der Waals surface area contributed by atoms with Gasteiger partial charge in [-0.15, -0.1) is 5.10 Å². The number of aliphatic carboxylic acids is 1. The summed E-state index contributed by atoms with van der Waals surface area (Å²) in [4.78, 5) is 31.4. The Bertz CT molecular complexity index is 1660. The summed E-state index contributed by atoms with van der Waals surface area (Å²) in [5, 5.41) is 18.5. The van der Waals surface area contributed by atoms with E-state index in [4.69, 9.17) is 4.74 Å². The molecule has 5 aliphatic rings. The Labute approximate surface area is 241 Å². The average molecular weight is 576 g/mol. The quantitative estimate of drug-likeness (QED) is 0.351. The molecule has 9 nitrogen and oxygen atoms in total. The van der Waals surface area contributed by atoms with Crippen LogP contribution in [0.2, 0.25) is 0 Å². The Morgan fingerprint density at radius 1 is 1.07 bits per heavy atom. The molecule has 4 aromatic rings. The SMILES string of the molecule is Cc1c2cnc3c1nnn3CCCCCCOc1cc(F)c(c(F)c1)C(=O)N1CCc3ccc(cc3C1)[C@H]2CC(=O)O. The van der Waals surface area contributed by atoms with Gasteiger partial charge in [-0.3, -0.25) is 9.59 Å². The van der Waals surface area contributed by atoms with Crippen LogP contribution in [0, 0.1) is 18.6 Å². The van der Waals surface area contributed by atoms with Crippen LogP contribution in [0.25, 0.3) is 11.2 Å². The third-order valence-electron chi connectivity index (χ3n) is 8.27. The number of hydrogen-bond acceptors (Lipinski definition) is 6. The van der Waals surface area contributed by atoms with Gasteiger partial charge in [0.1, 0.15) is 28.5 Å². The predicted molar refractivity (Wildman–Crippen MR) is 149 cm³/mol. The van der Waals surface area contributed by atoms with Crippen LogP contribution in [0.4, 0.5) is 8.78 Å². The molecule has 9 rings (SSSR count). The third kappa shape index (κ3) is 5.31. The minimum atomic E-state index is -0.964. The summed E-state index contributed by atoms with van der Waals surface area (Å²) in [6.45, 7) is 3.26. The number of aryl methyl sites for hydroxylation is 2. The first-order valence-corrected chi connectivity index (χ1v) is 14.2. The molecule has 0 aliphatic carbocycles. The normalized spacial score (nSPS) is 17.7. The maximum atomic E-state index is 15.0. The summed E-state index contributed by atoms with van der Waals surface area (Å²) in [7, 11) is 0. The lowest BCUT2D eigenvalue weighted by Crippen LogP contribution is -2.37. The fourth-order valence-corrected chi connectivity index (χ4v) is 6.00. The van der Waals surface area contributed by atoms with E-state index in [0.717, 1.165) is 59.2 Å². The molecular weight excluding hydrogens is 544 g/mol. The molecule has 5 aliphatic heterocycles. The predicted octanol–water partition coefficient (Wildman–Crippen LogP) is 5.17. The first-order valence-electron chi connectivity index (χ1n) is 14.2. The highest BCUT2D eigenvalue weighted by Crippen LogP contribution is 2.35. The molecule has 42 heavy (non-hydrogen) atoms. The molecular formula is C31H31F2N5O4. The zero-order chi connectivity index (χ0) is 29.4. The minimum absolute atomic E-state index is 0.0489. The van der Waals surface area contributed by atoms with Gasteiger partial charge >= 0.3 is 5.97 Å². The van der Waals surface area contributed by atoms with Crippen molar-refractivity contribution in [2.45, 2.75) is 64.5 Å². The molecule has 0 fully saturated rings. The standard InChI is InChI=1S/C31H31F2N5O4/c1-18-24-16-34-30-29(18)35-36-38(30)9-4-2-3-5-11-42-22-13-25(32)28(26(33)14-22)31(41)37-10-8-19-6-7-20(12-21(19)17-37)23(24)15-27(39)40/h6-7,12-14,16,23H,2-5,8-11,15,17H2,1H3,(H,39,40)/t23-/m1/s1. The van der Waals surface area contributed by atoms with E-state index in [1.165, 1.54) is 4.90 Å². The van der Waals surface area contributed by atoms with Crippen molar-refractivity contribution in [2.24, 2.45) is 0 Å². The molecule has 1 atom stereocenters. The summed E-state index contributed by atoms with van der Waals surface area (Å²) in [5.74, 6) is -4.09. The zero-order valence-corrected chi connectivity index (χ0v) is 23.3. The number of hydrogen-bond donors (Lipinski definition) is 1. The molecule has 1 amide bonds. The first kappa shape index (κ1) is 27.7. The highest BCUT2D eigenvalue weighted by molar-refractivity contribution is 5.95. The van der Waals surface area contributed by atoms with Crippen molar-refractivity contribution in [3.05, 3.63) is 81.5 Å². The van der Waals surface area contributed by atoms with Crippen LogP contribution in [0.5, 0.6) is 5.75 Å². The Hall–Kier alpha value is -4.41. The van der Waals surface area contributed by atoms with Gasteiger partial charge in [0, 0.05) is 43.9 Å². The number of aromatic nitrogens is 4. The molecule has 0 unspecified atom stereocenters. The number of pyridine rings is 1.